The van der Waals surface area contributed by atoms with E-state index in [9.17, 15) is 4.79 Å². The summed E-state index contributed by atoms with van der Waals surface area (Å²) in [5, 5.41) is 6.49. The van der Waals surface area contributed by atoms with E-state index in [0.29, 0.717) is 12.0 Å². The Bertz CT molecular complexity index is 248. The third-order valence-corrected chi connectivity index (χ3v) is 4.46. The molecule has 1 amide bonds. The van der Waals surface area contributed by atoms with Crippen molar-refractivity contribution in [3.8, 4) is 0 Å². The van der Waals surface area contributed by atoms with Crippen LogP contribution in [0.25, 0.3) is 0 Å². The van der Waals surface area contributed by atoms with Crippen molar-refractivity contribution in [2.45, 2.75) is 58.0 Å². The third kappa shape index (κ3) is 2.40. The molecule has 1 aliphatic heterocycles. The number of amides is 1. The van der Waals surface area contributed by atoms with Gasteiger partial charge in [0.05, 0.1) is 6.04 Å². The Morgan fingerprint density at radius 3 is 2.75 bits per heavy atom. The van der Waals surface area contributed by atoms with Crippen LogP contribution in [0.15, 0.2) is 0 Å². The Balaban J connectivity index is 1.83. The molecule has 1 aliphatic carbocycles. The zero-order valence-corrected chi connectivity index (χ0v) is 10.5. The van der Waals surface area contributed by atoms with Crippen molar-refractivity contribution in [3.05, 3.63) is 0 Å². The second-order valence-electron chi connectivity index (χ2n) is 5.37. The number of carbonyl (C=O) groups excluding carboxylic acids is 1. The van der Waals surface area contributed by atoms with Crippen molar-refractivity contribution >= 4 is 5.91 Å². The average Bonchev–Trinajstić information content (AvgIpc) is 2.89. The summed E-state index contributed by atoms with van der Waals surface area (Å²) in [6.45, 7) is 5.54. The van der Waals surface area contributed by atoms with E-state index in [-0.39, 0.29) is 11.9 Å². The van der Waals surface area contributed by atoms with E-state index < -0.39 is 0 Å². The van der Waals surface area contributed by atoms with Crippen LogP contribution in [0.5, 0.6) is 0 Å². The van der Waals surface area contributed by atoms with Crippen molar-refractivity contribution < 1.29 is 4.79 Å². The first-order chi connectivity index (χ1) is 7.72. The van der Waals surface area contributed by atoms with Crippen LogP contribution in [0.4, 0.5) is 0 Å². The SMILES string of the molecule is CCC1CCC(NC(=O)[C@H]2CCCN2)C1C. The molecule has 92 valence electrons. The molecule has 0 spiro atoms. The van der Waals surface area contributed by atoms with Gasteiger partial charge in [0.2, 0.25) is 5.91 Å². The van der Waals surface area contributed by atoms with Crippen molar-refractivity contribution in [2.24, 2.45) is 11.8 Å². The first-order valence-corrected chi connectivity index (χ1v) is 6.76. The Morgan fingerprint density at radius 2 is 2.19 bits per heavy atom. The fourth-order valence-corrected chi connectivity index (χ4v) is 3.22. The Kier molecular flexibility index (Phi) is 3.85. The molecule has 3 unspecified atom stereocenters. The standard InChI is InChI=1S/C13H24N2O/c1-3-10-6-7-11(9(10)2)15-13(16)12-5-4-8-14-12/h9-12,14H,3-8H2,1-2H3,(H,15,16)/t9?,10?,11?,12-/m1/s1. The molecule has 3 heteroatoms. The maximum Gasteiger partial charge on any atom is 0.237 e. The largest absolute Gasteiger partial charge is 0.352 e. The van der Waals surface area contributed by atoms with Gasteiger partial charge in [-0.25, -0.2) is 0 Å². The van der Waals surface area contributed by atoms with Crippen LogP contribution in [-0.2, 0) is 4.79 Å². The summed E-state index contributed by atoms with van der Waals surface area (Å²) in [6, 6.07) is 0.493. The normalized spacial score (nSPS) is 38.9. The molecule has 0 radical (unpaired) electrons. The fraction of sp³-hybridized carbons (Fsp3) is 0.923. The van der Waals surface area contributed by atoms with Crippen molar-refractivity contribution in [1.82, 2.24) is 10.6 Å². The van der Waals surface area contributed by atoms with Gasteiger partial charge >= 0.3 is 0 Å². The number of nitrogens with one attached hydrogen (secondary N) is 2. The van der Waals surface area contributed by atoms with Gasteiger partial charge < -0.3 is 10.6 Å². The highest BCUT2D eigenvalue weighted by Crippen LogP contribution is 2.33. The molecule has 1 saturated carbocycles. The second kappa shape index (κ2) is 5.17. The number of rotatable bonds is 3. The summed E-state index contributed by atoms with van der Waals surface area (Å²) in [4.78, 5) is 12.0. The molecule has 0 bridgehead atoms. The number of hydrogen-bond acceptors (Lipinski definition) is 2. The van der Waals surface area contributed by atoms with Gasteiger partial charge in [-0.15, -0.1) is 0 Å². The molecule has 0 aromatic heterocycles. The van der Waals surface area contributed by atoms with Crippen LogP contribution in [0, 0.1) is 11.8 Å². The Morgan fingerprint density at radius 1 is 1.38 bits per heavy atom. The van der Waals surface area contributed by atoms with Gasteiger partial charge in [0.25, 0.3) is 0 Å². The quantitative estimate of drug-likeness (QED) is 0.766. The van der Waals surface area contributed by atoms with E-state index in [1.54, 1.807) is 0 Å². The molecule has 1 heterocycles. The molecule has 1 saturated heterocycles. The smallest absolute Gasteiger partial charge is 0.237 e. The second-order valence-corrected chi connectivity index (χ2v) is 5.37. The molecular weight excluding hydrogens is 200 g/mol. The topological polar surface area (TPSA) is 41.1 Å². The van der Waals surface area contributed by atoms with E-state index in [1.807, 2.05) is 0 Å². The van der Waals surface area contributed by atoms with Crippen molar-refractivity contribution in [2.75, 3.05) is 6.54 Å². The highest BCUT2D eigenvalue weighted by molar-refractivity contribution is 5.82. The third-order valence-electron chi connectivity index (χ3n) is 4.46. The lowest BCUT2D eigenvalue weighted by Gasteiger charge is -2.22. The van der Waals surface area contributed by atoms with Gasteiger partial charge in [-0.1, -0.05) is 20.3 Å². The molecule has 2 aliphatic rings. The van der Waals surface area contributed by atoms with Gasteiger partial charge in [0, 0.05) is 6.04 Å². The Labute approximate surface area is 98.4 Å². The van der Waals surface area contributed by atoms with E-state index in [1.165, 1.54) is 12.8 Å². The van der Waals surface area contributed by atoms with E-state index in [0.717, 1.165) is 31.7 Å². The Hall–Kier alpha value is -0.570. The summed E-state index contributed by atoms with van der Waals surface area (Å²) in [5.41, 5.74) is 0. The van der Waals surface area contributed by atoms with E-state index in [2.05, 4.69) is 24.5 Å². The van der Waals surface area contributed by atoms with Crippen LogP contribution in [0.1, 0.15) is 46.0 Å². The van der Waals surface area contributed by atoms with Crippen LogP contribution >= 0.6 is 0 Å². The summed E-state index contributed by atoms with van der Waals surface area (Å²) in [7, 11) is 0. The first-order valence-electron chi connectivity index (χ1n) is 6.76. The lowest BCUT2D eigenvalue weighted by molar-refractivity contribution is -0.123. The molecule has 2 fully saturated rings. The maximum absolute atomic E-state index is 12.0. The van der Waals surface area contributed by atoms with Crippen LogP contribution in [0.2, 0.25) is 0 Å². The predicted molar refractivity (Wildman–Crippen MR) is 65.1 cm³/mol. The van der Waals surface area contributed by atoms with Crippen molar-refractivity contribution in [3.63, 3.8) is 0 Å². The summed E-state index contributed by atoms with van der Waals surface area (Å²) in [5.74, 6) is 1.68. The first kappa shape index (κ1) is 11.9. The minimum absolute atomic E-state index is 0.0767. The van der Waals surface area contributed by atoms with Gasteiger partial charge in [0.1, 0.15) is 0 Å². The molecular formula is C13H24N2O. The van der Waals surface area contributed by atoms with E-state index >= 15 is 0 Å². The zero-order chi connectivity index (χ0) is 11.5. The molecule has 4 atom stereocenters. The van der Waals surface area contributed by atoms with E-state index in [4.69, 9.17) is 0 Å². The lowest BCUT2D eigenvalue weighted by Crippen LogP contribution is -2.46. The van der Waals surface area contributed by atoms with Crippen molar-refractivity contribution in [1.29, 1.82) is 0 Å². The lowest BCUT2D eigenvalue weighted by atomic mass is 9.93. The monoisotopic (exact) mass is 224 g/mol. The fourth-order valence-electron chi connectivity index (χ4n) is 3.22. The summed E-state index contributed by atoms with van der Waals surface area (Å²) >= 11 is 0. The molecule has 2 rings (SSSR count). The maximum atomic E-state index is 12.0. The predicted octanol–water partition coefficient (Wildman–Crippen LogP) is 1.68. The minimum atomic E-state index is 0.0767. The molecule has 2 N–H and O–H groups in total. The summed E-state index contributed by atoms with van der Waals surface area (Å²) in [6.07, 6.45) is 5.83. The highest BCUT2D eigenvalue weighted by Gasteiger charge is 2.34. The van der Waals surface area contributed by atoms with Crippen LogP contribution in [0.3, 0.4) is 0 Å². The summed E-state index contributed by atoms with van der Waals surface area (Å²) < 4.78 is 0. The number of hydrogen-bond donors (Lipinski definition) is 2. The van der Waals surface area contributed by atoms with Gasteiger partial charge in [0.15, 0.2) is 0 Å². The average molecular weight is 224 g/mol. The zero-order valence-electron chi connectivity index (χ0n) is 10.5. The van der Waals surface area contributed by atoms with Gasteiger partial charge in [-0.3, -0.25) is 4.79 Å². The van der Waals surface area contributed by atoms with Crippen LogP contribution < -0.4 is 10.6 Å². The molecule has 3 nitrogen and oxygen atoms in total. The molecule has 16 heavy (non-hydrogen) atoms. The molecule has 0 aromatic rings. The van der Waals surface area contributed by atoms with Gasteiger partial charge in [-0.05, 0) is 44.1 Å². The molecule has 0 aromatic carbocycles. The number of carbonyl (C=O) groups is 1. The minimum Gasteiger partial charge on any atom is -0.352 e. The van der Waals surface area contributed by atoms with Crippen LogP contribution in [-0.4, -0.2) is 24.5 Å². The highest BCUT2D eigenvalue weighted by atomic mass is 16.2. The van der Waals surface area contributed by atoms with Gasteiger partial charge in [-0.2, -0.15) is 0 Å².